The molecular weight excluding hydrogens is 2070 g/mol. The third kappa shape index (κ3) is 17.7. The molecule has 3 fully saturated rings. The number of phenolic OH excluding ortho intramolecular Hbond substituents is 3. The Morgan fingerprint density at radius 1 is 0.404 bits per heavy atom. The van der Waals surface area contributed by atoms with Gasteiger partial charge in [0.1, 0.15) is 51.8 Å². The van der Waals surface area contributed by atoms with Gasteiger partial charge in [-0.25, -0.2) is 28.1 Å². The number of phenols is 3. The van der Waals surface area contributed by atoms with Crippen LogP contribution in [0.3, 0.4) is 0 Å². The summed E-state index contributed by atoms with van der Waals surface area (Å²) < 4.78 is 49.6. The number of halogens is 15. The highest BCUT2D eigenvalue weighted by molar-refractivity contribution is 6.50. The Hall–Kier alpha value is -11.6. The second kappa shape index (κ2) is 39.9. The fourth-order valence-corrected chi connectivity index (χ4v) is 22.4. The van der Waals surface area contributed by atoms with Gasteiger partial charge < -0.3 is 44.7 Å². The number of rotatable bonds is 17. The molecule has 0 spiro atoms. The van der Waals surface area contributed by atoms with Gasteiger partial charge in [0.2, 0.25) is 17.7 Å². The highest BCUT2D eigenvalue weighted by Gasteiger charge is 2.43. The molecule has 12 heterocycles. The summed E-state index contributed by atoms with van der Waals surface area (Å²) in [6.07, 6.45) is 8.41. The lowest BCUT2D eigenvalue weighted by Gasteiger charge is -2.45. The minimum absolute atomic E-state index is 0.0245. The van der Waals surface area contributed by atoms with Gasteiger partial charge in [0.15, 0.2) is 34.7 Å². The molecule has 9 aromatic heterocycles. The van der Waals surface area contributed by atoms with Crippen LogP contribution in [0.4, 0.5) is 30.2 Å². The second-order valence-electron chi connectivity index (χ2n) is 35.9. The van der Waals surface area contributed by atoms with Crippen LogP contribution in [0.1, 0.15) is 163 Å². The van der Waals surface area contributed by atoms with Crippen molar-refractivity contribution in [2.24, 2.45) is 0 Å². The number of aryl methyl sites for hydroxylation is 3. The highest BCUT2D eigenvalue weighted by atomic mass is 35.5. The van der Waals surface area contributed by atoms with E-state index in [1.54, 1.807) is 130 Å². The zero-order valence-electron chi connectivity index (χ0n) is 77.6. The molecule has 3 N–H and O–H groups in total. The third-order valence-corrected chi connectivity index (χ3v) is 29.8. The number of pyridine rings is 9. The fourth-order valence-electron chi connectivity index (χ4n) is 19.4. The Bertz CT molecular complexity index is 7770. The smallest absolute Gasteiger partial charge is 0.276 e. The van der Waals surface area contributed by atoms with Gasteiger partial charge in [-0.1, -0.05) is 187 Å². The Labute approximate surface area is 865 Å². The number of fused-ring (bicyclic) bond motifs is 3. The van der Waals surface area contributed by atoms with Crippen LogP contribution in [-0.2, 0) is 14.4 Å². The van der Waals surface area contributed by atoms with Gasteiger partial charge in [0, 0.05) is 127 Å². The number of amides is 3. The van der Waals surface area contributed by atoms with Crippen molar-refractivity contribution in [2.45, 2.75) is 158 Å². The van der Waals surface area contributed by atoms with E-state index in [9.17, 15) is 40.7 Å². The summed E-state index contributed by atoms with van der Waals surface area (Å²) in [6, 6.07) is 11.9. The zero-order chi connectivity index (χ0) is 103. The Morgan fingerprint density at radius 3 is 0.936 bits per heavy atom. The van der Waals surface area contributed by atoms with E-state index in [4.69, 9.17) is 164 Å². The van der Waals surface area contributed by atoms with E-state index in [1.165, 1.54) is 62.3 Å². The van der Waals surface area contributed by atoms with Crippen LogP contribution < -0.4 is 31.4 Å². The maximum atomic E-state index is 16.1. The first kappa shape index (κ1) is 104. The van der Waals surface area contributed by atoms with Crippen LogP contribution in [0.15, 0.2) is 81.8 Å². The molecule has 0 unspecified atom stereocenters. The van der Waals surface area contributed by atoms with Crippen molar-refractivity contribution in [2.75, 3.05) is 54.0 Å². The molecule has 27 nitrogen and oxygen atoms in total. The summed E-state index contributed by atoms with van der Waals surface area (Å²) in [5, 5.41) is 61.2. The lowest BCUT2D eigenvalue weighted by Crippen LogP contribution is -2.58. The Kier molecular flexibility index (Phi) is 29.4. The number of nitrogens with zero attached hydrogens (tertiary/aromatic N) is 18. The molecule has 6 atom stereocenters. The maximum Gasteiger partial charge on any atom is 0.276 e. The first-order chi connectivity index (χ1) is 66.5. The number of benzene rings is 3. The first-order valence-electron chi connectivity index (χ1n) is 43.9. The Morgan fingerprint density at radius 2 is 0.674 bits per heavy atom. The van der Waals surface area contributed by atoms with Gasteiger partial charge in [-0.2, -0.15) is 15.8 Å². The lowest BCUT2D eigenvalue weighted by atomic mass is 10.00. The largest absolute Gasteiger partial charge is 0.504 e. The summed E-state index contributed by atoms with van der Waals surface area (Å²) in [6.45, 7) is 30.7. The van der Waals surface area contributed by atoms with Gasteiger partial charge in [-0.3, -0.25) is 57.4 Å². The molecule has 728 valence electrons. The highest BCUT2D eigenvalue weighted by Crippen LogP contribution is 2.54. The number of carbonyl (C=O) groups is 3. The lowest BCUT2D eigenvalue weighted by molar-refractivity contribution is -0.131. The van der Waals surface area contributed by atoms with E-state index >= 15 is 32.3 Å². The van der Waals surface area contributed by atoms with E-state index in [1.807, 2.05) is 27.7 Å². The summed E-state index contributed by atoms with van der Waals surface area (Å²) in [5.74, 6) is -9.87. The standard InChI is InChI=1S/C99H83Cl12F3N18O9/c1-17-61(133)127-44(11)32-124(33-45(127)12)89-53-27-59(101)83(65-68(104)74(110)77(113)92(137)71(65)107)122-95(53)131(98(140)56(89)30-116)86-42(9)24-50(119-80(86)39(4)5)19-21-63(135)129-48(15)36-126(37-49(129)16)90-54-28-60(102)84(66-69(105)75(111)78(114)93(138)72(66)108)123-96(54)132(99(141)57(90)31-117)87-43(10)25-51(120-81(87)40(6)7)18-20-62(134)128-46(13)34-125(35-47(128)14)88-52-26-58(100)82(64-67(103)73(109)76(112)91(136)70(64)106)121-94(52)130(97(139)55(88)29-115)85-41(8)22-23-118-79(85)38(2)3/h17-28,38-40,44-49,136-138H,1,32-37H2,2-16H3/b20-18-,21-19-/t44-,45+,46-,47+,48-,49+. The van der Waals surface area contributed by atoms with E-state index in [-0.39, 0.29) is 195 Å². The van der Waals surface area contributed by atoms with Crippen molar-refractivity contribution in [1.82, 2.24) is 58.3 Å². The number of nitriles is 3. The van der Waals surface area contributed by atoms with E-state index in [0.29, 0.717) is 28.1 Å². The topological polar surface area (TPSA) is 346 Å². The average molecular weight is 2150 g/mol. The van der Waals surface area contributed by atoms with Crippen LogP contribution in [0.2, 0.25) is 60.3 Å². The van der Waals surface area contributed by atoms with Crippen molar-refractivity contribution in [3.05, 3.63) is 238 Å². The number of piperazine rings is 3. The molecule has 42 heteroatoms. The molecule has 0 saturated carbocycles. The van der Waals surface area contributed by atoms with Gasteiger partial charge in [0.05, 0.1) is 140 Å². The third-order valence-electron chi connectivity index (χ3n) is 25.4. The molecule has 0 aliphatic carbocycles. The van der Waals surface area contributed by atoms with Crippen LogP contribution in [0.5, 0.6) is 17.2 Å². The van der Waals surface area contributed by atoms with E-state index < -0.39 is 162 Å². The summed E-state index contributed by atoms with van der Waals surface area (Å²) in [4.78, 5) is 130. The summed E-state index contributed by atoms with van der Waals surface area (Å²) in [7, 11) is 0. The SMILES string of the molecule is C=CC(=O)N1[C@H](C)CN(c2c(C#N)c(=O)n(-c3c(C)cc(/C=C\C(=O)N4[C@H](C)CN(c5c(C#N)c(=O)n(-c6c(C)cc(/C=C\C(=O)N7[C@H](C)CN(c8c(C#N)c(=O)n(-c9c(C)ccnc9C(C)C)c9nc(-c%10c(Cl)c(O)c(F)c(Cl)c%10Cl)c(Cl)cc89)C[C@@H]7C)nc6C(C)C)c6nc(-c7c(Cl)c(O)c(F)c(Cl)c7Cl)c(Cl)cc56)C[C@@H]4C)nc3C(C)C)c3nc(-c4c(Cl)c(O)c(F)c(Cl)c4Cl)c(Cl)cc23)C[C@@H]1C. The quantitative estimate of drug-likeness (QED) is 0.0433. The molecule has 15 rings (SSSR count). The molecule has 3 saturated heterocycles. The number of anilines is 3. The van der Waals surface area contributed by atoms with Crippen LogP contribution in [0.25, 0.3) is 96.1 Å². The van der Waals surface area contributed by atoms with Crippen molar-refractivity contribution in [3.8, 4) is 86.3 Å². The second-order valence-corrected chi connectivity index (χ2v) is 40.5. The fraction of sp³-hybridized carbons (Fsp3) is 0.303. The summed E-state index contributed by atoms with van der Waals surface area (Å²) >= 11 is 80.9. The van der Waals surface area contributed by atoms with Crippen LogP contribution >= 0.6 is 139 Å². The average Bonchev–Trinajstić information content (AvgIpc) is 0.725. The van der Waals surface area contributed by atoms with Gasteiger partial charge in [-0.05, 0) is 151 Å². The number of hydrogen-bond donors (Lipinski definition) is 3. The van der Waals surface area contributed by atoms with Crippen LogP contribution in [-0.4, -0.2) is 167 Å². The molecule has 0 bridgehead atoms. The van der Waals surface area contributed by atoms with Gasteiger partial charge >= 0.3 is 0 Å². The van der Waals surface area contributed by atoms with Crippen LogP contribution in [0, 0.1) is 72.2 Å². The minimum Gasteiger partial charge on any atom is -0.504 e. The predicted molar refractivity (Wildman–Crippen MR) is 550 cm³/mol. The van der Waals surface area contributed by atoms with E-state index in [2.05, 4.69) is 29.8 Å². The van der Waals surface area contributed by atoms with Crippen molar-refractivity contribution in [1.29, 1.82) is 15.8 Å². The zero-order valence-corrected chi connectivity index (χ0v) is 86.7. The van der Waals surface area contributed by atoms with Gasteiger partial charge in [-0.15, -0.1) is 0 Å². The van der Waals surface area contributed by atoms with E-state index in [0.717, 1.165) is 0 Å². The van der Waals surface area contributed by atoms with Crippen molar-refractivity contribution < 1.29 is 42.9 Å². The molecule has 3 amide bonds. The van der Waals surface area contributed by atoms with Gasteiger partial charge in [0.25, 0.3) is 16.7 Å². The summed E-state index contributed by atoms with van der Waals surface area (Å²) in [5.41, 5.74) is -1.98. The number of aromatic hydroxyl groups is 3. The number of aromatic nitrogens is 9. The van der Waals surface area contributed by atoms with Crippen molar-refractivity contribution in [3.63, 3.8) is 0 Å². The number of carbonyl (C=O) groups excluding carboxylic acids is 3. The monoisotopic (exact) mass is 2140 g/mol. The maximum absolute atomic E-state index is 16.1. The Balaban J connectivity index is 0.771. The predicted octanol–water partition coefficient (Wildman–Crippen LogP) is 23.1. The molecular formula is C99H83Cl12F3N18O9. The normalized spacial score (nSPS) is 17.0. The molecule has 3 aromatic carbocycles. The molecule has 0 radical (unpaired) electrons. The molecule has 12 aromatic rings. The van der Waals surface area contributed by atoms with Crippen molar-refractivity contribution >= 4 is 219 Å². The molecule has 141 heavy (non-hydrogen) atoms. The molecule has 3 aliphatic heterocycles. The minimum atomic E-state index is -1.36. The first-order valence-corrected chi connectivity index (χ1v) is 48.5. The number of hydrogen-bond acceptors (Lipinski definition) is 21. The molecule has 3 aliphatic rings.